The van der Waals surface area contributed by atoms with Gasteiger partial charge in [-0.15, -0.1) is 0 Å². The molecule has 1 heterocycles. The molecule has 18 heavy (non-hydrogen) atoms. The molecular formula is C13H13FN2O2. The second kappa shape index (κ2) is 5.10. The minimum atomic E-state index is -0.941. The summed E-state index contributed by atoms with van der Waals surface area (Å²) >= 11 is 0. The molecule has 0 aliphatic heterocycles. The van der Waals surface area contributed by atoms with E-state index in [4.69, 9.17) is 5.11 Å². The Morgan fingerprint density at radius 2 is 2.33 bits per heavy atom. The summed E-state index contributed by atoms with van der Waals surface area (Å²) in [5.74, 6) is -1.29. The highest BCUT2D eigenvalue weighted by molar-refractivity contribution is 5.81. The van der Waals surface area contributed by atoms with Crippen molar-refractivity contribution in [2.75, 3.05) is 0 Å². The summed E-state index contributed by atoms with van der Waals surface area (Å²) in [5, 5.41) is 12.3. The first-order valence-corrected chi connectivity index (χ1v) is 5.57. The van der Waals surface area contributed by atoms with Gasteiger partial charge in [-0.2, -0.15) is 0 Å². The lowest BCUT2D eigenvalue weighted by Crippen LogP contribution is -2.33. The van der Waals surface area contributed by atoms with E-state index in [0.717, 1.165) is 0 Å². The van der Waals surface area contributed by atoms with E-state index in [0.29, 0.717) is 16.5 Å². The van der Waals surface area contributed by atoms with E-state index in [2.05, 4.69) is 10.3 Å². The monoisotopic (exact) mass is 248 g/mol. The van der Waals surface area contributed by atoms with Gasteiger partial charge in [-0.1, -0.05) is 6.07 Å². The maximum atomic E-state index is 13.4. The van der Waals surface area contributed by atoms with Gasteiger partial charge in [-0.05, 0) is 30.7 Å². The van der Waals surface area contributed by atoms with Crippen molar-refractivity contribution in [1.82, 2.24) is 10.3 Å². The summed E-state index contributed by atoms with van der Waals surface area (Å²) in [5.41, 5.74) is 1.34. The quantitative estimate of drug-likeness (QED) is 0.868. The fourth-order valence-corrected chi connectivity index (χ4v) is 1.71. The average molecular weight is 248 g/mol. The standard InChI is InChI=1S/C13H13FN2O2/c1-8(13(17)18)16-7-10-6-11(14)5-9-3-2-4-15-12(9)10/h2-6,8,16H,7H2,1H3,(H,17,18)/t8-/m1/s1. The van der Waals surface area contributed by atoms with Crippen molar-refractivity contribution in [3.05, 3.63) is 41.8 Å². The van der Waals surface area contributed by atoms with Gasteiger partial charge >= 0.3 is 5.97 Å². The number of rotatable bonds is 4. The number of nitrogens with one attached hydrogen (secondary N) is 1. The number of carboxylic acids is 1. The second-order valence-corrected chi connectivity index (χ2v) is 4.08. The Bertz CT molecular complexity index is 586. The van der Waals surface area contributed by atoms with Crippen LogP contribution in [0.1, 0.15) is 12.5 Å². The van der Waals surface area contributed by atoms with E-state index in [1.54, 1.807) is 18.3 Å². The number of fused-ring (bicyclic) bond motifs is 1. The summed E-state index contributed by atoms with van der Waals surface area (Å²) in [7, 11) is 0. The molecule has 0 aliphatic rings. The molecule has 1 aromatic heterocycles. The number of nitrogens with zero attached hydrogens (tertiary/aromatic N) is 1. The molecule has 0 unspecified atom stereocenters. The molecule has 0 bridgehead atoms. The number of halogens is 1. The van der Waals surface area contributed by atoms with E-state index in [-0.39, 0.29) is 12.4 Å². The molecule has 0 aliphatic carbocycles. The lowest BCUT2D eigenvalue weighted by Gasteiger charge is -2.10. The predicted molar refractivity (Wildman–Crippen MR) is 65.6 cm³/mol. The largest absolute Gasteiger partial charge is 0.480 e. The Balaban J connectivity index is 2.29. The van der Waals surface area contributed by atoms with E-state index < -0.39 is 12.0 Å². The van der Waals surface area contributed by atoms with E-state index in [1.807, 2.05) is 0 Å². The number of hydrogen-bond acceptors (Lipinski definition) is 3. The SMILES string of the molecule is C[C@@H](NCc1cc(F)cc2cccnc12)C(=O)O. The van der Waals surface area contributed by atoms with Gasteiger partial charge < -0.3 is 10.4 Å². The fraction of sp³-hybridized carbons (Fsp3) is 0.231. The third kappa shape index (κ3) is 2.62. The van der Waals surface area contributed by atoms with Gasteiger partial charge in [0.25, 0.3) is 0 Å². The van der Waals surface area contributed by atoms with Crippen molar-refractivity contribution in [2.24, 2.45) is 0 Å². The number of benzene rings is 1. The number of aromatic nitrogens is 1. The maximum Gasteiger partial charge on any atom is 0.320 e. The number of aliphatic carboxylic acids is 1. The Morgan fingerprint density at radius 3 is 3.06 bits per heavy atom. The van der Waals surface area contributed by atoms with Gasteiger partial charge in [-0.25, -0.2) is 4.39 Å². The summed E-state index contributed by atoms with van der Waals surface area (Å²) in [4.78, 5) is 14.9. The molecule has 1 atom stereocenters. The summed E-state index contributed by atoms with van der Waals surface area (Å²) in [6.07, 6.45) is 1.63. The molecule has 5 heteroatoms. The molecule has 0 fully saturated rings. The van der Waals surface area contributed by atoms with Crippen molar-refractivity contribution >= 4 is 16.9 Å². The Morgan fingerprint density at radius 1 is 1.56 bits per heavy atom. The first kappa shape index (κ1) is 12.4. The van der Waals surface area contributed by atoms with Crippen LogP contribution in [-0.4, -0.2) is 22.1 Å². The molecule has 0 radical (unpaired) electrons. The van der Waals surface area contributed by atoms with E-state index >= 15 is 0 Å². The van der Waals surface area contributed by atoms with Crippen LogP contribution in [0.4, 0.5) is 4.39 Å². The van der Waals surface area contributed by atoms with E-state index in [1.165, 1.54) is 19.1 Å². The molecule has 4 nitrogen and oxygen atoms in total. The van der Waals surface area contributed by atoms with Gasteiger partial charge in [0.1, 0.15) is 11.9 Å². The minimum Gasteiger partial charge on any atom is -0.480 e. The predicted octanol–water partition coefficient (Wildman–Crippen LogP) is 1.94. The molecule has 2 aromatic rings. The number of carboxylic acid groups (broad SMARTS) is 1. The van der Waals surface area contributed by atoms with Crippen molar-refractivity contribution in [2.45, 2.75) is 19.5 Å². The minimum absolute atomic E-state index is 0.263. The van der Waals surface area contributed by atoms with Gasteiger partial charge in [0.15, 0.2) is 0 Å². The topological polar surface area (TPSA) is 62.2 Å². The van der Waals surface area contributed by atoms with Crippen molar-refractivity contribution in [3.8, 4) is 0 Å². The third-order valence-corrected chi connectivity index (χ3v) is 2.72. The highest BCUT2D eigenvalue weighted by Crippen LogP contribution is 2.18. The normalized spacial score (nSPS) is 12.6. The zero-order chi connectivity index (χ0) is 13.1. The van der Waals surface area contributed by atoms with Crippen LogP contribution in [0.25, 0.3) is 10.9 Å². The number of carbonyl (C=O) groups is 1. The maximum absolute atomic E-state index is 13.4. The highest BCUT2D eigenvalue weighted by atomic mass is 19.1. The van der Waals surface area contributed by atoms with Gasteiger partial charge in [0.2, 0.25) is 0 Å². The summed E-state index contributed by atoms with van der Waals surface area (Å²) < 4.78 is 13.4. The first-order chi connectivity index (χ1) is 8.58. The summed E-state index contributed by atoms with van der Waals surface area (Å²) in [6.45, 7) is 1.80. The van der Waals surface area contributed by atoms with Crippen molar-refractivity contribution < 1.29 is 14.3 Å². The molecule has 0 spiro atoms. The molecule has 0 saturated heterocycles. The van der Waals surface area contributed by atoms with Crippen LogP contribution in [0.15, 0.2) is 30.5 Å². The lowest BCUT2D eigenvalue weighted by atomic mass is 10.1. The molecule has 1 aromatic carbocycles. The van der Waals surface area contributed by atoms with Crippen molar-refractivity contribution in [3.63, 3.8) is 0 Å². The molecule has 94 valence electrons. The fourth-order valence-electron chi connectivity index (χ4n) is 1.71. The van der Waals surface area contributed by atoms with Crippen LogP contribution in [0, 0.1) is 5.82 Å². The molecule has 0 amide bonds. The number of pyridine rings is 1. The van der Waals surface area contributed by atoms with Crippen LogP contribution in [0.5, 0.6) is 0 Å². The zero-order valence-corrected chi connectivity index (χ0v) is 9.85. The van der Waals surface area contributed by atoms with E-state index in [9.17, 15) is 9.18 Å². The highest BCUT2D eigenvalue weighted by Gasteiger charge is 2.11. The first-order valence-electron chi connectivity index (χ1n) is 5.57. The van der Waals surface area contributed by atoms with Crippen LogP contribution >= 0.6 is 0 Å². The molecule has 2 N–H and O–H groups in total. The molecule has 0 saturated carbocycles. The third-order valence-electron chi connectivity index (χ3n) is 2.72. The molecule has 2 rings (SSSR count). The van der Waals surface area contributed by atoms with Crippen LogP contribution in [0.3, 0.4) is 0 Å². The van der Waals surface area contributed by atoms with Gasteiger partial charge in [0.05, 0.1) is 5.52 Å². The van der Waals surface area contributed by atoms with Crippen molar-refractivity contribution in [1.29, 1.82) is 0 Å². The lowest BCUT2D eigenvalue weighted by molar-refractivity contribution is -0.139. The second-order valence-electron chi connectivity index (χ2n) is 4.08. The van der Waals surface area contributed by atoms with Gasteiger partial charge in [0, 0.05) is 18.1 Å². The number of hydrogen-bond donors (Lipinski definition) is 2. The zero-order valence-electron chi connectivity index (χ0n) is 9.85. The molecular weight excluding hydrogens is 235 g/mol. The average Bonchev–Trinajstić information content (AvgIpc) is 2.35. The van der Waals surface area contributed by atoms with Crippen LogP contribution in [0.2, 0.25) is 0 Å². The summed E-state index contributed by atoms with van der Waals surface area (Å²) in [6, 6.07) is 5.60. The van der Waals surface area contributed by atoms with Gasteiger partial charge in [-0.3, -0.25) is 9.78 Å². The Hall–Kier alpha value is -2.01. The Labute approximate surface area is 103 Å². The smallest absolute Gasteiger partial charge is 0.320 e. The van der Waals surface area contributed by atoms with Crippen LogP contribution < -0.4 is 5.32 Å². The Kier molecular flexibility index (Phi) is 3.53. The van der Waals surface area contributed by atoms with Crippen LogP contribution in [-0.2, 0) is 11.3 Å².